The second kappa shape index (κ2) is 9.78. The molecule has 5 rings (SSSR count). The highest BCUT2D eigenvalue weighted by atomic mass is 16.5. The first-order valence-corrected chi connectivity index (χ1v) is 12.0. The Balaban J connectivity index is 1.62. The molecule has 0 fully saturated rings. The highest BCUT2D eigenvalue weighted by Crippen LogP contribution is 2.46. The molecule has 1 heterocycles. The van der Waals surface area contributed by atoms with Crippen molar-refractivity contribution in [1.29, 1.82) is 0 Å². The van der Waals surface area contributed by atoms with Crippen LogP contribution in [0.5, 0.6) is 11.5 Å². The van der Waals surface area contributed by atoms with Gasteiger partial charge in [0.15, 0.2) is 0 Å². The number of carbonyl (C=O) groups is 3. The van der Waals surface area contributed by atoms with E-state index in [4.69, 9.17) is 9.47 Å². The Labute approximate surface area is 213 Å². The number of methoxy groups -OCH3 is 1. The lowest BCUT2D eigenvalue weighted by molar-refractivity contribution is -0.138. The summed E-state index contributed by atoms with van der Waals surface area (Å²) in [6, 6.07) is 23.4. The summed E-state index contributed by atoms with van der Waals surface area (Å²) in [5, 5.41) is 10.8. The summed E-state index contributed by atoms with van der Waals surface area (Å²) in [5.74, 6) is -2.00. The average molecular weight is 496 g/mol. The summed E-state index contributed by atoms with van der Waals surface area (Å²) in [5.41, 5.74) is 2.16. The minimum absolute atomic E-state index is 0.148. The molecule has 0 aliphatic carbocycles. The quantitative estimate of drug-likeness (QED) is 0.310. The molecular formula is C30H25NO6. The van der Waals surface area contributed by atoms with Crippen molar-refractivity contribution in [2.45, 2.75) is 25.9 Å². The van der Waals surface area contributed by atoms with Crippen molar-refractivity contribution in [2.24, 2.45) is 0 Å². The van der Waals surface area contributed by atoms with Crippen LogP contribution in [0.15, 0.2) is 78.9 Å². The van der Waals surface area contributed by atoms with E-state index in [9.17, 15) is 19.5 Å². The molecule has 1 N–H and O–H groups in total. The Morgan fingerprint density at radius 1 is 0.838 bits per heavy atom. The maximum absolute atomic E-state index is 13.8. The zero-order chi connectivity index (χ0) is 26.1. The van der Waals surface area contributed by atoms with Crippen LogP contribution in [0.3, 0.4) is 0 Å². The van der Waals surface area contributed by atoms with Crippen LogP contribution in [-0.2, 0) is 11.4 Å². The molecule has 1 aliphatic rings. The van der Waals surface area contributed by atoms with E-state index in [1.165, 1.54) is 7.11 Å². The number of rotatable bonds is 8. The molecule has 0 bridgehead atoms. The number of carboxylic acids is 1. The Morgan fingerprint density at radius 2 is 1.41 bits per heavy atom. The smallest absolute Gasteiger partial charge is 0.310 e. The number of carbonyl (C=O) groups excluding carboxylic acids is 2. The van der Waals surface area contributed by atoms with E-state index in [2.05, 4.69) is 0 Å². The van der Waals surface area contributed by atoms with Gasteiger partial charge in [0.2, 0.25) is 0 Å². The summed E-state index contributed by atoms with van der Waals surface area (Å²) >= 11 is 0. The van der Waals surface area contributed by atoms with E-state index < -0.39 is 23.7 Å². The molecule has 186 valence electrons. The van der Waals surface area contributed by atoms with E-state index in [0.29, 0.717) is 39.9 Å². The van der Waals surface area contributed by atoms with Crippen molar-refractivity contribution >= 4 is 34.2 Å². The molecule has 1 unspecified atom stereocenters. The standard InChI is InChI=1S/C30H25NO6/c1-3-21(30(34)35)19-13-15-20(16-14-19)31-28(32)24-25(29(31)33)27(37-17-18-9-5-4-6-10-18)23-12-8-7-11-22(23)26(24)36-2/h4-16,21H,3,17H2,1-2H3,(H,34,35). The number of carboxylic acid groups (broad SMARTS) is 1. The van der Waals surface area contributed by atoms with Gasteiger partial charge in [0.1, 0.15) is 18.1 Å². The van der Waals surface area contributed by atoms with E-state index in [1.54, 1.807) is 31.2 Å². The molecule has 37 heavy (non-hydrogen) atoms. The van der Waals surface area contributed by atoms with E-state index in [-0.39, 0.29) is 17.7 Å². The van der Waals surface area contributed by atoms with Crippen molar-refractivity contribution in [2.75, 3.05) is 12.0 Å². The fourth-order valence-electron chi connectivity index (χ4n) is 4.83. The molecular weight excluding hydrogens is 470 g/mol. The lowest BCUT2D eigenvalue weighted by atomic mass is 9.96. The topological polar surface area (TPSA) is 93.1 Å². The number of ether oxygens (including phenoxy) is 2. The first-order chi connectivity index (χ1) is 18.0. The Kier molecular flexibility index (Phi) is 6.36. The summed E-state index contributed by atoms with van der Waals surface area (Å²) in [6.45, 7) is 2.01. The Hall–Kier alpha value is -4.65. The molecule has 1 atom stereocenters. The van der Waals surface area contributed by atoms with Crippen molar-refractivity contribution in [3.63, 3.8) is 0 Å². The number of hydrogen-bond acceptors (Lipinski definition) is 5. The average Bonchev–Trinajstić information content (AvgIpc) is 3.17. The van der Waals surface area contributed by atoms with Crippen LogP contribution >= 0.6 is 0 Å². The van der Waals surface area contributed by atoms with Gasteiger partial charge in [0.25, 0.3) is 11.8 Å². The van der Waals surface area contributed by atoms with Crippen molar-refractivity contribution in [3.05, 3.63) is 101 Å². The maximum Gasteiger partial charge on any atom is 0.310 e. The summed E-state index contributed by atoms with van der Waals surface area (Å²) in [6.07, 6.45) is 0.424. The van der Waals surface area contributed by atoms with E-state index in [1.807, 2.05) is 54.6 Å². The first-order valence-electron chi connectivity index (χ1n) is 12.0. The van der Waals surface area contributed by atoms with Crippen molar-refractivity contribution in [1.82, 2.24) is 0 Å². The molecule has 0 spiro atoms. The molecule has 2 amide bonds. The van der Waals surface area contributed by atoms with Gasteiger partial charge >= 0.3 is 5.97 Å². The molecule has 0 radical (unpaired) electrons. The summed E-state index contributed by atoms with van der Waals surface area (Å²) in [7, 11) is 1.47. The van der Waals surface area contributed by atoms with Crippen LogP contribution in [0.4, 0.5) is 5.69 Å². The normalized spacial score (nSPS) is 13.5. The zero-order valence-electron chi connectivity index (χ0n) is 20.4. The minimum atomic E-state index is -0.924. The van der Waals surface area contributed by atoms with Gasteiger partial charge in [-0.3, -0.25) is 14.4 Å². The van der Waals surface area contributed by atoms with Crippen molar-refractivity contribution < 1.29 is 29.0 Å². The number of hydrogen-bond donors (Lipinski definition) is 1. The lowest BCUT2D eigenvalue weighted by Crippen LogP contribution is -2.29. The van der Waals surface area contributed by atoms with Gasteiger partial charge in [-0.1, -0.05) is 73.7 Å². The second-order valence-corrected chi connectivity index (χ2v) is 8.77. The molecule has 4 aromatic carbocycles. The van der Waals surface area contributed by atoms with Crippen LogP contribution in [0.2, 0.25) is 0 Å². The highest BCUT2D eigenvalue weighted by molar-refractivity contribution is 6.38. The number of anilines is 1. The highest BCUT2D eigenvalue weighted by Gasteiger charge is 2.43. The summed E-state index contributed by atoms with van der Waals surface area (Å²) < 4.78 is 11.9. The van der Waals surface area contributed by atoms with Crippen LogP contribution in [0.1, 0.15) is 51.1 Å². The van der Waals surface area contributed by atoms with Gasteiger partial charge in [-0.05, 0) is 29.7 Å². The lowest BCUT2D eigenvalue weighted by Gasteiger charge is -2.16. The third-order valence-electron chi connectivity index (χ3n) is 6.64. The van der Waals surface area contributed by atoms with E-state index >= 15 is 0 Å². The van der Waals surface area contributed by atoms with Gasteiger partial charge in [-0.15, -0.1) is 0 Å². The number of fused-ring (bicyclic) bond motifs is 2. The number of amides is 2. The second-order valence-electron chi connectivity index (χ2n) is 8.77. The van der Waals surface area contributed by atoms with Crippen LogP contribution in [0.25, 0.3) is 10.8 Å². The van der Waals surface area contributed by atoms with Gasteiger partial charge in [-0.25, -0.2) is 4.90 Å². The summed E-state index contributed by atoms with van der Waals surface area (Å²) in [4.78, 5) is 40.2. The van der Waals surface area contributed by atoms with Crippen molar-refractivity contribution in [3.8, 4) is 11.5 Å². The van der Waals surface area contributed by atoms with Gasteiger partial charge in [0.05, 0.1) is 29.8 Å². The molecule has 7 nitrogen and oxygen atoms in total. The number of aliphatic carboxylic acids is 1. The third kappa shape index (κ3) is 4.08. The molecule has 0 aromatic heterocycles. The predicted octanol–water partition coefficient (Wildman–Crippen LogP) is 5.81. The van der Waals surface area contributed by atoms with E-state index in [0.717, 1.165) is 10.5 Å². The van der Waals surface area contributed by atoms with Gasteiger partial charge in [0, 0.05) is 10.8 Å². The predicted molar refractivity (Wildman–Crippen MR) is 140 cm³/mol. The maximum atomic E-state index is 13.8. The Morgan fingerprint density at radius 3 is 1.97 bits per heavy atom. The monoisotopic (exact) mass is 495 g/mol. The molecule has 1 aliphatic heterocycles. The zero-order valence-corrected chi connectivity index (χ0v) is 20.4. The van der Waals surface area contributed by atoms with Crippen LogP contribution in [0, 0.1) is 0 Å². The van der Waals surface area contributed by atoms with Gasteiger partial charge in [-0.2, -0.15) is 0 Å². The van der Waals surface area contributed by atoms with Crippen LogP contribution < -0.4 is 14.4 Å². The molecule has 0 saturated carbocycles. The fourth-order valence-corrected chi connectivity index (χ4v) is 4.83. The van der Waals surface area contributed by atoms with Gasteiger partial charge < -0.3 is 14.6 Å². The first kappa shape index (κ1) is 24.1. The minimum Gasteiger partial charge on any atom is -0.495 e. The SMILES string of the molecule is CCC(C(=O)O)c1ccc(N2C(=O)c3c(c(OCc4ccccc4)c4ccccc4c3OC)C2=O)cc1. The molecule has 7 heteroatoms. The molecule has 0 saturated heterocycles. The third-order valence-corrected chi connectivity index (χ3v) is 6.64. The number of benzene rings is 4. The van der Waals surface area contributed by atoms with Crippen LogP contribution in [-0.4, -0.2) is 30.0 Å². The Bertz CT molecular complexity index is 1510. The molecule has 4 aromatic rings. The number of nitrogens with zero attached hydrogens (tertiary/aromatic N) is 1. The largest absolute Gasteiger partial charge is 0.495 e. The fraction of sp³-hybridized carbons (Fsp3) is 0.167. The number of imide groups is 1.